The summed E-state index contributed by atoms with van der Waals surface area (Å²) in [5.74, 6) is -14.5. The number of alkyl halides is 3. The molecule has 0 saturated heterocycles. The highest BCUT2D eigenvalue weighted by atomic mass is 19.4. The van der Waals surface area contributed by atoms with Gasteiger partial charge < -0.3 is 25.3 Å². The number of methoxy groups -OCH3 is 1. The SMILES string of the molecule is COc1c(Oc2cc(F)c(F)c(F)c2C(=O)Nc2cnc(C(N)=O)nc2)ccc(OC(F)(F)F)c1F. The molecule has 0 aliphatic heterocycles. The van der Waals surface area contributed by atoms with Crippen molar-refractivity contribution in [1.29, 1.82) is 0 Å². The van der Waals surface area contributed by atoms with Crippen LogP contribution in [0.2, 0.25) is 0 Å². The first kappa shape index (κ1) is 26.0. The molecule has 3 aromatic rings. The molecule has 3 rings (SSSR count). The maximum atomic E-state index is 14.6. The van der Waals surface area contributed by atoms with Crippen LogP contribution in [-0.2, 0) is 0 Å². The zero-order valence-electron chi connectivity index (χ0n) is 17.5. The largest absolute Gasteiger partial charge is 0.573 e. The fourth-order valence-electron chi connectivity index (χ4n) is 2.69. The van der Waals surface area contributed by atoms with Gasteiger partial charge in [-0.05, 0) is 12.1 Å². The van der Waals surface area contributed by atoms with E-state index >= 15 is 0 Å². The number of amides is 2. The maximum absolute atomic E-state index is 14.6. The van der Waals surface area contributed by atoms with Crippen molar-refractivity contribution >= 4 is 17.5 Å². The number of hydrogen-bond donors (Lipinski definition) is 2. The number of nitrogens with zero attached hydrogens (tertiary/aromatic N) is 2. The number of aromatic nitrogens is 2. The van der Waals surface area contributed by atoms with E-state index < -0.39 is 75.8 Å². The number of carbonyl (C=O) groups is 2. The van der Waals surface area contributed by atoms with Crippen molar-refractivity contribution in [2.75, 3.05) is 12.4 Å². The lowest BCUT2D eigenvalue weighted by Gasteiger charge is -2.17. The number of benzene rings is 2. The van der Waals surface area contributed by atoms with Crippen molar-refractivity contribution in [3.8, 4) is 23.0 Å². The van der Waals surface area contributed by atoms with Crippen LogP contribution in [0.15, 0.2) is 30.6 Å². The third kappa shape index (κ3) is 5.53. The molecule has 0 saturated carbocycles. The van der Waals surface area contributed by atoms with Crippen molar-refractivity contribution in [3.05, 3.63) is 65.2 Å². The number of rotatable bonds is 7. The molecule has 0 spiro atoms. The van der Waals surface area contributed by atoms with Gasteiger partial charge in [-0.3, -0.25) is 9.59 Å². The number of anilines is 1. The minimum absolute atomic E-state index is 0.234. The number of halogens is 7. The summed E-state index contributed by atoms with van der Waals surface area (Å²) in [7, 11) is 0.831. The Kier molecular flexibility index (Phi) is 7.17. The zero-order valence-corrected chi connectivity index (χ0v) is 17.5. The van der Waals surface area contributed by atoms with Gasteiger partial charge in [-0.15, -0.1) is 13.2 Å². The van der Waals surface area contributed by atoms with Gasteiger partial charge in [0.05, 0.1) is 25.2 Å². The molecule has 36 heavy (non-hydrogen) atoms. The molecule has 1 aromatic heterocycles. The predicted molar refractivity (Wildman–Crippen MR) is 105 cm³/mol. The highest BCUT2D eigenvalue weighted by Gasteiger charge is 2.34. The van der Waals surface area contributed by atoms with E-state index in [1.807, 2.05) is 5.32 Å². The minimum Gasteiger partial charge on any atom is -0.490 e. The van der Waals surface area contributed by atoms with Gasteiger partial charge in [-0.2, -0.15) is 4.39 Å². The molecule has 190 valence electrons. The highest BCUT2D eigenvalue weighted by Crippen LogP contribution is 2.41. The van der Waals surface area contributed by atoms with Crippen LogP contribution in [0.5, 0.6) is 23.0 Å². The molecular formula is C20H11F7N4O5. The first-order valence-corrected chi connectivity index (χ1v) is 9.23. The second-order valence-electron chi connectivity index (χ2n) is 6.53. The Morgan fingerprint density at radius 3 is 2.11 bits per heavy atom. The molecule has 2 aromatic carbocycles. The third-order valence-corrected chi connectivity index (χ3v) is 4.16. The lowest BCUT2D eigenvalue weighted by Crippen LogP contribution is -2.19. The van der Waals surface area contributed by atoms with Gasteiger partial charge in [0.25, 0.3) is 11.8 Å². The van der Waals surface area contributed by atoms with Crippen LogP contribution < -0.4 is 25.3 Å². The van der Waals surface area contributed by atoms with E-state index in [2.05, 4.69) is 19.4 Å². The van der Waals surface area contributed by atoms with Crippen molar-refractivity contribution in [2.45, 2.75) is 6.36 Å². The lowest BCUT2D eigenvalue weighted by atomic mass is 10.1. The quantitative estimate of drug-likeness (QED) is 0.355. The van der Waals surface area contributed by atoms with Crippen LogP contribution in [0.25, 0.3) is 0 Å². The van der Waals surface area contributed by atoms with E-state index in [9.17, 15) is 40.3 Å². The Labute approximate surface area is 195 Å². The Bertz CT molecular complexity index is 1330. The molecule has 0 aliphatic rings. The number of nitrogens with two attached hydrogens (primary N) is 1. The molecule has 9 nitrogen and oxygen atoms in total. The van der Waals surface area contributed by atoms with Crippen LogP contribution in [0.3, 0.4) is 0 Å². The summed E-state index contributed by atoms with van der Waals surface area (Å²) in [5, 5.41) is 2.04. The summed E-state index contributed by atoms with van der Waals surface area (Å²) in [4.78, 5) is 30.7. The number of ether oxygens (including phenoxy) is 3. The van der Waals surface area contributed by atoms with Crippen molar-refractivity contribution in [2.24, 2.45) is 5.73 Å². The molecule has 0 aliphatic carbocycles. The van der Waals surface area contributed by atoms with E-state index in [4.69, 9.17) is 10.5 Å². The van der Waals surface area contributed by atoms with Gasteiger partial charge in [0.1, 0.15) is 11.3 Å². The van der Waals surface area contributed by atoms with Crippen LogP contribution in [-0.4, -0.2) is 35.3 Å². The number of carbonyl (C=O) groups excluding carboxylic acids is 2. The number of nitrogens with one attached hydrogen (secondary N) is 1. The van der Waals surface area contributed by atoms with Gasteiger partial charge in [0.2, 0.25) is 17.4 Å². The van der Waals surface area contributed by atoms with Crippen molar-refractivity contribution in [3.63, 3.8) is 0 Å². The van der Waals surface area contributed by atoms with E-state index in [1.54, 1.807) is 0 Å². The first-order chi connectivity index (χ1) is 16.8. The molecule has 0 atom stereocenters. The molecule has 3 N–H and O–H groups in total. The highest BCUT2D eigenvalue weighted by molar-refractivity contribution is 6.06. The number of hydrogen-bond acceptors (Lipinski definition) is 7. The first-order valence-electron chi connectivity index (χ1n) is 9.23. The molecule has 0 bridgehead atoms. The molecule has 0 fully saturated rings. The molecule has 0 unspecified atom stereocenters. The molecule has 16 heteroatoms. The lowest BCUT2D eigenvalue weighted by molar-refractivity contribution is -0.275. The molecule has 0 radical (unpaired) electrons. The fourth-order valence-corrected chi connectivity index (χ4v) is 2.69. The van der Waals surface area contributed by atoms with Gasteiger partial charge in [0.15, 0.2) is 29.0 Å². The average molecular weight is 520 g/mol. The summed E-state index contributed by atoms with van der Waals surface area (Å²) >= 11 is 0. The topological polar surface area (TPSA) is 126 Å². The number of primary amides is 1. The van der Waals surface area contributed by atoms with Gasteiger partial charge in [0, 0.05) is 6.07 Å². The third-order valence-electron chi connectivity index (χ3n) is 4.16. The van der Waals surface area contributed by atoms with Crippen molar-refractivity contribution in [1.82, 2.24) is 9.97 Å². The van der Waals surface area contributed by atoms with Crippen LogP contribution in [0.1, 0.15) is 21.0 Å². The Hall–Kier alpha value is -4.63. The van der Waals surface area contributed by atoms with Gasteiger partial charge in [-0.25, -0.2) is 23.1 Å². The standard InChI is InChI=1S/C20H11F7N4O5/c1-34-16-10(3-2-9(14(16)23)36-20(25,26)27)35-11-4-8(21)13(22)15(24)12(11)19(33)31-7-5-29-18(17(28)32)30-6-7/h2-6H,1H3,(H2,28,32)(H,31,33). The van der Waals surface area contributed by atoms with E-state index in [1.165, 1.54) is 0 Å². The minimum atomic E-state index is -5.26. The second-order valence-corrected chi connectivity index (χ2v) is 6.53. The summed E-state index contributed by atoms with van der Waals surface area (Å²) in [6, 6.07) is 1.38. The van der Waals surface area contributed by atoms with Crippen molar-refractivity contribution < 1.29 is 54.5 Å². The smallest absolute Gasteiger partial charge is 0.490 e. The van der Waals surface area contributed by atoms with E-state index in [0.717, 1.165) is 19.5 Å². The average Bonchev–Trinajstić information content (AvgIpc) is 2.79. The van der Waals surface area contributed by atoms with Crippen LogP contribution in [0.4, 0.5) is 36.4 Å². The molecular weight excluding hydrogens is 509 g/mol. The maximum Gasteiger partial charge on any atom is 0.573 e. The van der Waals surface area contributed by atoms with Gasteiger partial charge in [-0.1, -0.05) is 0 Å². The molecule has 1 heterocycles. The summed E-state index contributed by atoms with van der Waals surface area (Å²) < 4.78 is 107. The summed E-state index contributed by atoms with van der Waals surface area (Å²) in [6.45, 7) is 0. The monoisotopic (exact) mass is 520 g/mol. The summed E-state index contributed by atoms with van der Waals surface area (Å²) in [5.41, 5.74) is 3.51. The Balaban J connectivity index is 2.02. The Morgan fingerprint density at radius 2 is 1.56 bits per heavy atom. The Morgan fingerprint density at radius 1 is 0.944 bits per heavy atom. The summed E-state index contributed by atoms with van der Waals surface area (Å²) in [6.07, 6.45) is -3.48. The van der Waals surface area contributed by atoms with Crippen LogP contribution >= 0.6 is 0 Å². The van der Waals surface area contributed by atoms with E-state index in [0.29, 0.717) is 12.1 Å². The van der Waals surface area contributed by atoms with Crippen LogP contribution in [0, 0.1) is 23.3 Å². The predicted octanol–water partition coefficient (Wildman–Crippen LogP) is 4.08. The zero-order chi connectivity index (χ0) is 26.8. The second kappa shape index (κ2) is 9.93. The van der Waals surface area contributed by atoms with E-state index in [-0.39, 0.29) is 11.8 Å². The normalized spacial score (nSPS) is 11.1. The molecule has 2 amide bonds. The fraction of sp³-hybridized carbons (Fsp3) is 0.100. The van der Waals surface area contributed by atoms with Gasteiger partial charge >= 0.3 is 6.36 Å².